The van der Waals surface area contributed by atoms with E-state index in [1.54, 1.807) is 11.6 Å². The van der Waals surface area contributed by atoms with Gasteiger partial charge < -0.3 is 5.32 Å². The van der Waals surface area contributed by atoms with Gasteiger partial charge in [0.05, 0.1) is 11.1 Å². The van der Waals surface area contributed by atoms with E-state index in [9.17, 15) is 14.4 Å². The van der Waals surface area contributed by atoms with Gasteiger partial charge >= 0.3 is 0 Å². The molecule has 0 saturated heterocycles. The molecule has 3 heterocycles. The lowest BCUT2D eigenvalue weighted by molar-refractivity contribution is -0.116. The van der Waals surface area contributed by atoms with E-state index in [4.69, 9.17) is 0 Å². The Morgan fingerprint density at radius 2 is 2.05 bits per heavy atom. The molecule has 0 bridgehead atoms. The lowest BCUT2D eigenvalue weighted by Crippen LogP contribution is -2.37. The van der Waals surface area contributed by atoms with E-state index in [2.05, 4.69) is 15.3 Å². The number of hydrogen-bond acceptors (Lipinski definition) is 6. The molecule has 2 aromatic heterocycles. The molecule has 1 N–H and O–H groups in total. The molecule has 0 aromatic carbocycles. The number of nitrogens with one attached hydrogen (secondary N) is 1. The highest BCUT2D eigenvalue weighted by molar-refractivity contribution is 7.13. The Kier molecular flexibility index (Phi) is 2.99. The fourth-order valence-corrected chi connectivity index (χ4v) is 2.41. The number of rotatable bonds is 3. The minimum absolute atomic E-state index is 0.222. The Balaban J connectivity index is 1.75. The average molecular weight is 288 g/mol. The number of carbonyl (C=O) groups excluding carboxylic acids is 3. The fraction of sp³-hybridized carbons (Fsp3) is 0.0833. The van der Waals surface area contributed by atoms with Crippen molar-refractivity contribution in [2.45, 2.75) is 0 Å². The summed E-state index contributed by atoms with van der Waals surface area (Å²) in [6, 6.07) is 1.47. The normalized spacial score (nSPS) is 13.5. The molecule has 0 saturated carbocycles. The summed E-state index contributed by atoms with van der Waals surface area (Å²) in [5.74, 6) is -1.46. The standard InChI is InChI=1S/C12H8N4O3S/c17-9(15-12-14-3-4-20-12)6-16-10(18)7-1-2-13-5-8(7)11(16)19/h1-5H,6H2,(H,14,15,17). The van der Waals surface area contributed by atoms with E-state index in [1.807, 2.05) is 0 Å². The first-order chi connectivity index (χ1) is 9.66. The molecule has 100 valence electrons. The highest BCUT2D eigenvalue weighted by Crippen LogP contribution is 2.21. The zero-order chi connectivity index (χ0) is 14.1. The molecule has 0 spiro atoms. The number of carbonyl (C=O) groups is 3. The molecular weight excluding hydrogens is 280 g/mol. The van der Waals surface area contributed by atoms with Crippen LogP contribution in [0, 0.1) is 0 Å². The molecule has 0 aliphatic carbocycles. The number of anilines is 1. The first kappa shape index (κ1) is 12.4. The highest BCUT2D eigenvalue weighted by Gasteiger charge is 2.36. The van der Waals surface area contributed by atoms with Crippen LogP contribution >= 0.6 is 11.3 Å². The van der Waals surface area contributed by atoms with E-state index in [0.717, 1.165) is 4.90 Å². The molecule has 8 heteroatoms. The van der Waals surface area contributed by atoms with E-state index in [1.165, 1.54) is 29.8 Å². The fourth-order valence-electron chi connectivity index (χ4n) is 1.87. The van der Waals surface area contributed by atoms with Gasteiger partial charge in [-0.3, -0.25) is 24.3 Å². The van der Waals surface area contributed by atoms with Gasteiger partial charge in [0.1, 0.15) is 6.54 Å². The molecule has 3 rings (SSSR count). The number of imide groups is 1. The third-order valence-corrected chi connectivity index (χ3v) is 3.44. The Labute approximate surface area is 117 Å². The Morgan fingerprint density at radius 1 is 1.25 bits per heavy atom. The largest absolute Gasteiger partial charge is 0.300 e. The monoisotopic (exact) mass is 288 g/mol. The molecule has 0 radical (unpaired) electrons. The Morgan fingerprint density at radius 3 is 2.75 bits per heavy atom. The summed E-state index contributed by atoms with van der Waals surface area (Å²) in [5.41, 5.74) is 0.492. The van der Waals surface area contributed by atoms with Gasteiger partial charge in [-0.05, 0) is 6.07 Å². The Bertz CT molecular complexity index is 663. The zero-order valence-corrected chi connectivity index (χ0v) is 10.9. The summed E-state index contributed by atoms with van der Waals surface area (Å²) in [4.78, 5) is 44.5. The van der Waals surface area contributed by atoms with Crippen molar-refractivity contribution in [2.24, 2.45) is 0 Å². The van der Waals surface area contributed by atoms with Gasteiger partial charge in [0.15, 0.2) is 5.13 Å². The van der Waals surface area contributed by atoms with Crippen LogP contribution in [0.25, 0.3) is 0 Å². The molecule has 0 atom stereocenters. The topological polar surface area (TPSA) is 92.3 Å². The molecule has 1 aliphatic heterocycles. The third-order valence-electron chi connectivity index (χ3n) is 2.75. The predicted molar refractivity (Wildman–Crippen MR) is 70.3 cm³/mol. The minimum atomic E-state index is -0.507. The van der Waals surface area contributed by atoms with Crippen LogP contribution in [0.1, 0.15) is 20.7 Å². The molecule has 0 fully saturated rings. The van der Waals surface area contributed by atoms with Crippen LogP contribution in [0.5, 0.6) is 0 Å². The van der Waals surface area contributed by atoms with Crippen LogP contribution < -0.4 is 5.32 Å². The maximum Gasteiger partial charge on any atom is 0.263 e. The first-order valence-electron chi connectivity index (χ1n) is 5.66. The van der Waals surface area contributed by atoms with Crippen molar-refractivity contribution in [1.82, 2.24) is 14.9 Å². The number of fused-ring (bicyclic) bond motifs is 1. The Hall–Kier alpha value is -2.61. The van der Waals surface area contributed by atoms with Crippen molar-refractivity contribution < 1.29 is 14.4 Å². The summed E-state index contributed by atoms with van der Waals surface area (Å²) in [7, 11) is 0. The van der Waals surface area contributed by atoms with Crippen molar-refractivity contribution >= 4 is 34.2 Å². The van der Waals surface area contributed by atoms with E-state index in [0.29, 0.717) is 5.13 Å². The SMILES string of the molecule is O=C(CN1C(=O)c2ccncc2C1=O)Nc1nccs1. The van der Waals surface area contributed by atoms with Crippen LogP contribution in [0.3, 0.4) is 0 Å². The van der Waals surface area contributed by atoms with Crippen LogP contribution in [0.2, 0.25) is 0 Å². The lowest BCUT2D eigenvalue weighted by atomic mass is 10.2. The summed E-state index contributed by atoms with van der Waals surface area (Å²) >= 11 is 1.26. The van der Waals surface area contributed by atoms with Gasteiger partial charge in [0.25, 0.3) is 11.8 Å². The highest BCUT2D eigenvalue weighted by atomic mass is 32.1. The average Bonchev–Trinajstić information content (AvgIpc) is 3.03. The number of nitrogens with zero attached hydrogens (tertiary/aromatic N) is 3. The molecule has 3 amide bonds. The van der Waals surface area contributed by atoms with Crippen LogP contribution in [0.4, 0.5) is 5.13 Å². The maximum atomic E-state index is 12.0. The summed E-state index contributed by atoms with van der Waals surface area (Å²) in [6.45, 7) is -0.341. The second-order valence-electron chi connectivity index (χ2n) is 4.00. The van der Waals surface area contributed by atoms with Gasteiger partial charge in [-0.15, -0.1) is 11.3 Å². The van der Waals surface area contributed by atoms with E-state index < -0.39 is 17.7 Å². The predicted octanol–water partition coefficient (Wildman–Crippen LogP) is 0.773. The molecule has 7 nitrogen and oxygen atoms in total. The lowest BCUT2D eigenvalue weighted by Gasteiger charge is -2.12. The minimum Gasteiger partial charge on any atom is -0.300 e. The van der Waals surface area contributed by atoms with Crippen molar-refractivity contribution in [1.29, 1.82) is 0 Å². The van der Waals surface area contributed by atoms with Crippen molar-refractivity contribution in [2.75, 3.05) is 11.9 Å². The molecule has 20 heavy (non-hydrogen) atoms. The van der Waals surface area contributed by atoms with Crippen molar-refractivity contribution in [3.05, 3.63) is 41.2 Å². The summed E-state index contributed by atoms with van der Waals surface area (Å²) in [5, 5.41) is 4.66. The van der Waals surface area contributed by atoms with Crippen LogP contribution in [0.15, 0.2) is 30.0 Å². The second kappa shape index (κ2) is 4.82. The quantitative estimate of drug-likeness (QED) is 0.842. The molecule has 1 aliphatic rings. The van der Waals surface area contributed by atoms with E-state index in [-0.39, 0.29) is 17.7 Å². The number of aromatic nitrogens is 2. The smallest absolute Gasteiger partial charge is 0.263 e. The van der Waals surface area contributed by atoms with Gasteiger partial charge in [-0.1, -0.05) is 0 Å². The van der Waals surface area contributed by atoms with Crippen molar-refractivity contribution in [3.63, 3.8) is 0 Å². The molecule has 0 unspecified atom stereocenters. The maximum absolute atomic E-state index is 12.0. The van der Waals surface area contributed by atoms with Gasteiger partial charge in [-0.25, -0.2) is 4.98 Å². The van der Waals surface area contributed by atoms with Gasteiger partial charge in [0.2, 0.25) is 5.91 Å². The zero-order valence-electron chi connectivity index (χ0n) is 10.1. The third kappa shape index (κ3) is 2.05. The number of hydrogen-bond donors (Lipinski definition) is 1. The molecular formula is C12H8N4O3S. The number of amides is 3. The molecule has 2 aromatic rings. The van der Waals surface area contributed by atoms with Gasteiger partial charge in [0, 0.05) is 24.0 Å². The van der Waals surface area contributed by atoms with Crippen molar-refractivity contribution in [3.8, 4) is 0 Å². The van der Waals surface area contributed by atoms with Gasteiger partial charge in [-0.2, -0.15) is 0 Å². The second-order valence-corrected chi connectivity index (χ2v) is 4.90. The van der Waals surface area contributed by atoms with Crippen LogP contribution in [-0.4, -0.2) is 39.1 Å². The first-order valence-corrected chi connectivity index (χ1v) is 6.54. The summed E-state index contributed by atoms with van der Waals surface area (Å²) in [6.07, 6.45) is 4.31. The number of pyridine rings is 1. The van der Waals surface area contributed by atoms with E-state index >= 15 is 0 Å². The number of thiazole rings is 1. The van der Waals surface area contributed by atoms with Crippen LogP contribution in [-0.2, 0) is 4.79 Å². The summed E-state index contributed by atoms with van der Waals surface area (Å²) < 4.78 is 0.